The SMILES string of the molecule is [BH3-]P1(=O)OC[C@H]2O[C@@H](n3cnc4c(N)ncnc43)C(O)[C@H]2OP(C)(=O)OC[C@H]2O[C@@H](n3cnc4c(=O)[nH]c(C)nc43)C(O1)[C@H]2O. The molecule has 3 fully saturated rings. The molecule has 7 heterocycles. The number of nitrogen functional groups attached to an aromatic ring is 1. The molecule has 3 saturated heterocycles. The second-order valence-electron chi connectivity index (χ2n) is 10.4. The lowest BCUT2D eigenvalue weighted by Gasteiger charge is -2.30. The maximum atomic E-state index is 13.8. The van der Waals surface area contributed by atoms with E-state index in [1.807, 2.05) is 0 Å². The Hall–Kier alpha value is -3.10. The summed E-state index contributed by atoms with van der Waals surface area (Å²) in [7, 11) is -8.95. The normalized spacial score (nSPS) is 37.7. The summed E-state index contributed by atoms with van der Waals surface area (Å²) >= 11 is 0. The minimum absolute atomic E-state index is 0.0214. The number of rotatable bonds is 2. The molecule has 4 unspecified atom stereocenters. The van der Waals surface area contributed by atoms with Gasteiger partial charge >= 0.3 is 7.60 Å². The van der Waals surface area contributed by atoms with Crippen LogP contribution in [0.2, 0.25) is 0 Å². The van der Waals surface area contributed by atoms with Crippen molar-refractivity contribution < 1.29 is 46.9 Å². The van der Waals surface area contributed by atoms with Crippen LogP contribution in [-0.2, 0) is 36.7 Å². The zero-order chi connectivity index (χ0) is 31.8. The molecule has 242 valence electrons. The van der Waals surface area contributed by atoms with Crippen LogP contribution in [0.15, 0.2) is 23.8 Å². The number of aliphatic hydroxyl groups excluding tert-OH is 2. The largest absolute Gasteiger partial charge is 0.387 e. The van der Waals surface area contributed by atoms with Gasteiger partial charge in [0.15, 0.2) is 35.1 Å². The Balaban J connectivity index is 1.21. The third-order valence-electron chi connectivity index (χ3n) is 7.45. The molecule has 0 aromatic carbocycles. The molecule has 5 N–H and O–H groups in total. The van der Waals surface area contributed by atoms with Crippen molar-refractivity contribution in [1.82, 2.24) is 39.0 Å². The van der Waals surface area contributed by atoms with Gasteiger partial charge < -0.3 is 48.5 Å². The smallest absolute Gasteiger partial charge is 0.328 e. The van der Waals surface area contributed by atoms with Gasteiger partial charge in [0.25, 0.3) is 5.56 Å². The van der Waals surface area contributed by atoms with E-state index in [9.17, 15) is 24.1 Å². The van der Waals surface area contributed by atoms with Crippen LogP contribution in [-0.4, -0.2) is 113 Å². The number of hydrogen-bond acceptors (Lipinski definition) is 17. The number of nitrogens with two attached hydrogens (primary N) is 1. The van der Waals surface area contributed by atoms with Crippen LogP contribution in [0.3, 0.4) is 0 Å². The Morgan fingerprint density at radius 3 is 2.40 bits per heavy atom. The lowest BCUT2D eigenvalue weighted by Crippen LogP contribution is -2.36. The molecule has 7 rings (SSSR count). The summed E-state index contributed by atoms with van der Waals surface area (Å²) in [5.74, 6) is 0.432. The highest BCUT2D eigenvalue weighted by Gasteiger charge is 2.52. The molecule has 10 atom stereocenters. The molecule has 3 aliphatic rings. The predicted molar refractivity (Wildman–Crippen MR) is 155 cm³/mol. The van der Waals surface area contributed by atoms with Crippen molar-refractivity contribution in [2.24, 2.45) is 0 Å². The third-order valence-corrected chi connectivity index (χ3v) is 9.47. The number of H-pyrrole nitrogens is 1. The quantitative estimate of drug-likeness (QED) is 0.140. The van der Waals surface area contributed by atoms with E-state index in [2.05, 4.69) is 29.9 Å². The van der Waals surface area contributed by atoms with Gasteiger partial charge in [0, 0.05) is 6.66 Å². The van der Waals surface area contributed by atoms with Gasteiger partial charge in [-0.15, -0.1) is 0 Å². The molecule has 0 saturated carbocycles. The molecule has 20 nitrogen and oxygen atoms in total. The molecule has 0 radical (unpaired) electrons. The first-order chi connectivity index (χ1) is 21.3. The number of ether oxygens (including phenoxy) is 2. The zero-order valence-electron chi connectivity index (χ0n) is 22.9. The van der Waals surface area contributed by atoms with Gasteiger partial charge in [0.2, 0.25) is 0 Å². The van der Waals surface area contributed by atoms with Crippen molar-refractivity contribution in [3.8, 4) is 0 Å². The highest BCUT2D eigenvalue weighted by molar-refractivity contribution is 7.79. The van der Waals surface area contributed by atoms with Crippen LogP contribution < -0.4 is 11.3 Å². The summed E-state index contributed by atoms with van der Waals surface area (Å²) < 4.78 is 65.6. The maximum absolute atomic E-state index is 13.8. The standard InChI is InChI=1S/C22H29BN9O11P2/c1-8-29-19-12(20(35)30-8)28-7-32(19)22-16-13(33)9(40-22)3-38-44(2,36)42-15-10(4-39-45(23,37)43-16)41-21(14(15)34)31-6-27-11-17(24)25-5-26-18(11)31/h5-7,9-10,13-16,21-22,33-34H,3-4H2,1-2,23H3,(H2,24,25,26)(H,29,30,35)/q-1/t9-,10-,13+,14?,15+,16?,21-,22-,44?,45?/m1/s1. The van der Waals surface area contributed by atoms with E-state index < -0.39 is 90.5 Å². The number of aromatic amines is 1. The molecular formula is C22H29BN9O11P2-. The molecule has 2 bridgehead atoms. The van der Waals surface area contributed by atoms with Crippen LogP contribution in [0.25, 0.3) is 22.3 Å². The number of fused-ring (bicyclic) bond motifs is 5. The highest BCUT2D eigenvalue weighted by atomic mass is 31.2. The van der Waals surface area contributed by atoms with Gasteiger partial charge in [0.1, 0.15) is 61.8 Å². The van der Waals surface area contributed by atoms with Crippen molar-refractivity contribution in [3.63, 3.8) is 0 Å². The fraction of sp³-hybridized carbons (Fsp3) is 0.545. The van der Waals surface area contributed by atoms with E-state index in [-0.39, 0.29) is 28.1 Å². The van der Waals surface area contributed by atoms with Crippen LogP contribution in [0, 0.1) is 6.92 Å². The topological polar surface area (TPSA) is 263 Å². The minimum atomic E-state index is -3.97. The molecule has 23 heteroatoms. The van der Waals surface area contributed by atoms with Gasteiger partial charge in [-0.25, -0.2) is 24.9 Å². The third kappa shape index (κ3) is 5.42. The molecular weight excluding hydrogens is 639 g/mol. The molecule has 45 heavy (non-hydrogen) atoms. The van der Waals surface area contributed by atoms with E-state index in [0.29, 0.717) is 5.82 Å². The molecule has 4 aromatic rings. The number of nitrogens with one attached hydrogen (secondary N) is 1. The minimum Gasteiger partial charge on any atom is -0.387 e. The van der Waals surface area contributed by atoms with Crippen LogP contribution in [0.1, 0.15) is 18.3 Å². The maximum Gasteiger partial charge on any atom is 0.328 e. The number of nitrogens with zero attached hydrogens (tertiary/aromatic N) is 7. The van der Waals surface area contributed by atoms with E-state index in [4.69, 9.17) is 33.3 Å². The molecule has 3 aliphatic heterocycles. The second-order valence-corrected chi connectivity index (χ2v) is 13.3. The van der Waals surface area contributed by atoms with Gasteiger partial charge in [0.05, 0.1) is 33.4 Å². The number of imidazole rings is 2. The van der Waals surface area contributed by atoms with Crippen molar-refractivity contribution >= 4 is 50.8 Å². The monoisotopic (exact) mass is 668 g/mol. The number of aromatic nitrogens is 8. The van der Waals surface area contributed by atoms with Crippen molar-refractivity contribution in [3.05, 3.63) is 35.2 Å². The Morgan fingerprint density at radius 1 is 0.933 bits per heavy atom. The van der Waals surface area contributed by atoms with E-state index >= 15 is 0 Å². The summed E-state index contributed by atoms with van der Waals surface area (Å²) in [4.78, 5) is 35.8. The summed E-state index contributed by atoms with van der Waals surface area (Å²) in [5, 5.41) is 22.6. The van der Waals surface area contributed by atoms with Gasteiger partial charge in [-0.1, -0.05) is 0 Å². The zero-order valence-corrected chi connectivity index (χ0v) is 24.7. The Bertz CT molecular complexity index is 1940. The first-order valence-corrected chi connectivity index (χ1v) is 16.3. The van der Waals surface area contributed by atoms with Gasteiger partial charge in [-0.2, -0.15) is 0 Å². The Morgan fingerprint density at radius 2 is 1.62 bits per heavy atom. The van der Waals surface area contributed by atoms with E-state index in [0.717, 1.165) is 0 Å². The summed E-state index contributed by atoms with van der Waals surface area (Å²) in [6.45, 7) is 1.95. The van der Waals surface area contributed by atoms with Crippen LogP contribution >= 0.6 is 15.1 Å². The second kappa shape index (κ2) is 11.0. The lowest BCUT2D eigenvalue weighted by molar-refractivity contribution is -0.0583. The van der Waals surface area contributed by atoms with Gasteiger partial charge in [-0.3, -0.25) is 23.0 Å². The Kier molecular flexibility index (Phi) is 7.48. The van der Waals surface area contributed by atoms with E-state index in [1.54, 1.807) is 6.92 Å². The molecule has 0 spiro atoms. The summed E-state index contributed by atoms with van der Waals surface area (Å²) in [6.07, 6.45) is -6.07. The summed E-state index contributed by atoms with van der Waals surface area (Å²) in [5.41, 5.74) is 6.15. The fourth-order valence-corrected chi connectivity index (χ4v) is 7.35. The molecule has 0 amide bonds. The average molecular weight is 668 g/mol. The number of anilines is 1. The Labute approximate surface area is 253 Å². The number of aryl methyl sites for hydroxylation is 1. The summed E-state index contributed by atoms with van der Waals surface area (Å²) in [6, 6.07) is 0. The van der Waals surface area contributed by atoms with Crippen molar-refractivity contribution in [2.75, 3.05) is 25.6 Å². The number of hydrogen-bond donors (Lipinski definition) is 4. The van der Waals surface area contributed by atoms with Crippen molar-refractivity contribution in [2.45, 2.75) is 56.0 Å². The van der Waals surface area contributed by atoms with Crippen LogP contribution in [0.5, 0.6) is 0 Å². The first kappa shape index (κ1) is 30.6. The van der Waals surface area contributed by atoms with E-state index in [1.165, 1.54) is 34.8 Å². The lowest BCUT2D eigenvalue weighted by atomic mass is 10.1. The average Bonchev–Trinajstić information content (AvgIpc) is 3.72. The van der Waals surface area contributed by atoms with Crippen molar-refractivity contribution in [1.29, 1.82) is 0 Å². The molecule has 4 aromatic heterocycles. The highest BCUT2D eigenvalue weighted by Crippen LogP contribution is 2.53. The molecule has 0 aliphatic carbocycles. The van der Waals surface area contributed by atoms with Crippen LogP contribution in [0.4, 0.5) is 5.82 Å². The predicted octanol–water partition coefficient (Wildman–Crippen LogP) is -1.52. The number of aliphatic hydroxyl groups is 2. The first-order valence-electron chi connectivity index (χ1n) is 13.2. The van der Waals surface area contributed by atoms with Gasteiger partial charge in [-0.05, 0) is 6.92 Å². The fourth-order valence-electron chi connectivity index (χ4n) is 5.41.